The second kappa shape index (κ2) is 6.76. The average molecular weight is 379 g/mol. The SMILES string of the molecule is C[Si](C)(O)O[Si](C)(C)O[Si](O)(O[Si](C)(C)O)c1ccccc1. The standard InChI is InChI=1S/C12H26O6Si4/c1-19(2,13)16-21(5,6)18-22(15,17-20(3,4)14)12-10-8-7-9-11-12/h7-11,13-15H,1-6H3. The van der Waals surface area contributed by atoms with Gasteiger partial charge in [-0.3, -0.25) is 0 Å². The van der Waals surface area contributed by atoms with Crippen LogP contribution in [0.1, 0.15) is 0 Å². The molecule has 0 aliphatic carbocycles. The summed E-state index contributed by atoms with van der Waals surface area (Å²) >= 11 is 0. The van der Waals surface area contributed by atoms with Crippen LogP contribution in [0.5, 0.6) is 0 Å². The zero-order valence-corrected chi connectivity index (χ0v) is 18.0. The molecule has 0 saturated carbocycles. The third-order valence-electron chi connectivity index (χ3n) is 2.41. The zero-order chi connectivity index (χ0) is 17.2. The molecule has 6 nitrogen and oxygen atoms in total. The lowest BCUT2D eigenvalue weighted by Crippen LogP contribution is -2.65. The van der Waals surface area contributed by atoms with Crippen LogP contribution in [0, 0.1) is 0 Å². The lowest BCUT2D eigenvalue weighted by atomic mass is 10.4. The smallest absolute Gasteiger partial charge is 0.415 e. The van der Waals surface area contributed by atoms with Gasteiger partial charge in [0.15, 0.2) is 0 Å². The van der Waals surface area contributed by atoms with Crippen molar-refractivity contribution in [3.63, 3.8) is 0 Å². The molecule has 3 N–H and O–H groups in total. The molecule has 1 aromatic carbocycles. The van der Waals surface area contributed by atoms with Crippen LogP contribution < -0.4 is 5.19 Å². The van der Waals surface area contributed by atoms with E-state index in [2.05, 4.69) is 0 Å². The van der Waals surface area contributed by atoms with Crippen LogP contribution in [-0.2, 0) is 12.3 Å². The lowest BCUT2D eigenvalue weighted by Gasteiger charge is -2.37. The van der Waals surface area contributed by atoms with Crippen molar-refractivity contribution in [3.05, 3.63) is 30.3 Å². The van der Waals surface area contributed by atoms with Gasteiger partial charge in [0.05, 0.1) is 0 Å². The van der Waals surface area contributed by atoms with E-state index in [1.807, 2.05) is 6.07 Å². The first-order chi connectivity index (χ1) is 9.73. The number of hydrogen-bond donors (Lipinski definition) is 3. The van der Waals surface area contributed by atoms with E-state index in [4.69, 9.17) is 12.3 Å². The summed E-state index contributed by atoms with van der Waals surface area (Å²) in [6.07, 6.45) is 0. The molecular weight excluding hydrogens is 352 g/mol. The quantitative estimate of drug-likeness (QED) is 0.613. The van der Waals surface area contributed by atoms with E-state index < -0.39 is 34.5 Å². The van der Waals surface area contributed by atoms with Gasteiger partial charge in [-0.1, -0.05) is 30.3 Å². The monoisotopic (exact) mass is 378 g/mol. The Hall–Kier alpha value is -0.152. The van der Waals surface area contributed by atoms with Crippen LogP contribution in [0.25, 0.3) is 0 Å². The van der Waals surface area contributed by atoms with E-state index in [1.165, 1.54) is 0 Å². The first-order valence-corrected chi connectivity index (χ1v) is 17.3. The second-order valence-electron chi connectivity index (χ2n) is 6.55. The van der Waals surface area contributed by atoms with Crippen molar-refractivity contribution in [3.8, 4) is 0 Å². The number of hydrogen-bond acceptors (Lipinski definition) is 6. The van der Waals surface area contributed by atoms with Gasteiger partial charge in [0, 0.05) is 5.19 Å². The normalized spacial score (nSPS) is 16.4. The number of rotatable bonds is 7. The molecule has 0 aliphatic rings. The molecule has 0 aromatic heterocycles. The fraction of sp³-hybridized carbons (Fsp3) is 0.500. The summed E-state index contributed by atoms with van der Waals surface area (Å²) < 4.78 is 17.2. The average Bonchev–Trinajstić information content (AvgIpc) is 2.22. The molecule has 0 heterocycles. The molecule has 0 amide bonds. The molecule has 10 heteroatoms. The molecule has 1 rings (SSSR count). The van der Waals surface area contributed by atoms with Crippen molar-refractivity contribution < 1.29 is 26.7 Å². The largest absolute Gasteiger partial charge is 0.516 e. The third-order valence-corrected chi connectivity index (χ3v) is 13.6. The fourth-order valence-electron chi connectivity index (χ4n) is 2.08. The highest BCUT2D eigenvalue weighted by Gasteiger charge is 2.51. The molecular formula is C12H26O6Si4. The molecule has 1 aromatic rings. The minimum Gasteiger partial charge on any atom is -0.415 e. The highest BCUT2D eigenvalue weighted by atomic mass is 28.5. The van der Waals surface area contributed by atoms with Crippen LogP contribution in [-0.4, -0.2) is 48.9 Å². The molecule has 0 saturated heterocycles. The summed E-state index contributed by atoms with van der Waals surface area (Å²) in [7, 11) is -12.5. The number of benzene rings is 1. The van der Waals surface area contributed by atoms with Crippen molar-refractivity contribution in [1.29, 1.82) is 0 Å². The van der Waals surface area contributed by atoms with Crippen molar-refractivity contribution in [2.75, 3.05) is 0 Å². The molecule has 1 unspecified atom stereocenters. The van der Waals surface area contributed by atoms with Crippen LogP contribution >= 0.6 is 0 Å². The minimum absolute atomic E-state index is 0.506. The highest BCUT2D eigenvalue weighted by Crippen LogP contribution is 2.21. The zero-order valence-electron chi connectivity index (χ0n) is 14.0. The maximum absolute atomic E-state index is 11.0. The molecule has 22 heavy (non-hydrogen) atoms. The van der Waals surface area contributed by atoms with Gasteiger partial charge >= 0.3 is 34.5 Å². The van der Waals surface area contributed by atoms with Gasteiger partial charge in [0.1, 0.15) is 0 Å². The topological polar surface area (TPSA) is 88.4 Å². The van der Waals surface area contributed by atoms with Crippen molar-refractivity contribution in [2.24, 2.45) is 0 Å². The fourth-order valence-corrected chi connectivity index (χ4v) is 14.9. The summed E-state index contributed by atoms with van der Waals surface area (Å²) in [6, 6.07) is 8.78. The highest BCUT2D eigenvalue weighted by molar-refractivity contribution is 6.90. The summed E-state index contributed by atoms with van der Waals surface area (Å²) in [4.78, 5) is 31.1. The van der Waals surface area contributed by atoms with Crippen LogP contribution in [0.15, 0.2) is 30.3 Å². The van der Waals surface area contributed by atoms with Gasteiger partial charge in [-0.25, -0.2) is 0 Å². The minimum atomic E-state index is -3.84. The van der Waals surface area contributed by atoms with Gasteiger partial charge < -0.3 is 26.7 Å². The first-order valence-electron chi connectivity index (χ1n) is 7.06. The van der Waals surface area contributed by atoms with E-state index in [0.29, 0.717) is 5.19 Å². The van der Waals surface area contributed by atoms with Gasteiger partial charge in [-0.15, -0.1) is 0 Å². The van der Waals surface area contributed by atoms with Gasteiger partial charge in [0.25, 0.3) is 0 Å². The summed E-state index contributed by atoms with van der Waals surface area (Å²) in [5, 5.41) is 0.506. The van der Waals surface area contributed by atoms with E-state index in [9.17, 15) is 14.4 Å². The third kappa shape index (κ3) is 6.95. The molecule has 0 aliphatic heterocycles. The summed E-state index contributed by atoms with van der Waals surface area (Å²) in [5.74, 6) is 0. The lowest BCUT2D eigenvalue weighted by molar-refractivity contribution is 0.209. The molecule has 126 valence electrons. The van der Waals surface area contributed by atoms with Gasteiger partial charge in [-0.2, -0.15) is 0 Å². The Labute approximate surface area is 136 Å². The van der Waals surface area contributed by atoms with Gasteiger partial charge in [-0.05, 0) is 39.3 Å². The Kier molecular flexibility index (Phi) is 6.12. The van der Waals surface area contributed by atoms with Crippen molar-refractivity contribution in [1.82, 2.24) is 0 Å². The van der Waals surface area contributed by atoms with Crippen LogP contribution in [0.4, 0.5) is 0 Å². The molecule has 0 bridgehead atoms. The molecule has 0 radical (unpaired) electrons. The van der Waals surface area contributed by atoms with E-state index in [1.54, 1.807) is 63.5 Å². The van der Waals surface area contributed by atoms with E-state index >= 15 is 0 Å². The van der Waals surface area contributed by atoms with Crippen LogP contribution in [0.3, 0.4) is 0 Å². The Morgan fingerprint density at radius 3 is 1.55 bits per heavy atom. The molecule has 0 spiro atoms. The van der Waals surface area contributed by atoms with Crippen LogP contribution in [0.2, 0.25) is 39.3 Å². The van der Waals surface area contributed by atoms with E-state index in [0.717, 1.165) is 0 Å². The Morgan fingerprint density at radius 2 is 1.14 bits per heavy atom. The maximum atomic E-state index is 11.0. The second-order valence-corrected chi connectivity index (χ2v) is 19.3. The predicted molar refractivity (Wildman–Crippen MR) is 94.2 cm³/mol. The maximum Gasteiger partial charge on any atom is 0.516 e. The van der Waals surface area contributed by atoms with Gasteiger partial charge in [0.2, 0.25) is 0 Å². The summed E-state index contributed by atoms with van der Waals surface area (Å²) in [6.45, 7) is 9.90. The Bertz CT molecular complexity index is 485. The van der Waals surface area contributed by atoms with E-state index in [-0.39, 0.29) is 0 Å². The van der Waals surface area contributed by atoms with Crippen molar-refractivity contribution >= 4 is 39.7 Å². The first kappa shape index (κ1) is 19.9. The Balaban J connectivity index is 3.12. The molecule has 0 fully saturated rings. The summed E-state index contributed by atoms with van der Waals surface area (Å²) in [5.41, 5.74) is 0. The molecule has 1 atom stereocenters. The van der Waals surface area contributed by atoms with Crippen molar-refractivity contribution in [2.45, 2.75) is 39.3 Å². The Morgan fingerprint density at radius 1 is 0.682 bits per heavy atom. The predicted octanol–water partition coefficient (Wildman–Crippen LogP) is 0.965.